The maximum atomic E-state index is 13.1. The maximum absolute atomic E-state index is 13.1. The summed E-state index contributed by atoms with van der Waals surface area (Å²) in [6, 6.07) is 13.4. The highest BCUT2D eigenvalue weighted by molar-refractivity contribution is 7.98. The van der Waals surface area contributed by atoms with Gasteiger partial charge in [-0.25, -0.2) is 0 Å². The third-order valence-corrected chi connectivity index (χ3v) is 5.88. The van der Waals surface area contributed by atoms with Crippen molar-refractivity contribution in [2.45, 2.75) is 29.8 Å². The number of carbonyl (C=O) groups is 2. The molecule has 0 aliphatic carbocycles. The molecule has 2 aromatic rings. The van der Waals surface area contributed by atoms with Crippen molar-refractivity contribution in [3.63, 3.8) is 0 Å². The lowest BCUT2D eigenvalue weighted by molar-refractivity contribution is -0.121. The Morgan fingerprint density at radius 2 is 1.85 bits per heavy atom. The van der Waals surface area contributed by atoms with Crippen molar-refractivity contribution in [3.05, 3.63) is 48.0 Å². The first kappa shape index (κ1) is 17.1. The fourth-order valence-corrected chi connectivity index (χ4v) is 4.06. The Morgan fingerprint density at radius 3 is 2.58 bits per heavy atom. The zero-order valence-electron chi connectivity index (χ0n) is 14.6. The van der Waals surface area contributed by atoms with Crippen LogP contribution in [0.15, 0.2) is 47.4 Å². The number of amides is 2. The van der Waals surface area contributed by atoms with Crippen molar-refractivity contribution in [2.24, 2.45) is 5.73 Å². The second kappa shape index (κ2) is 6.78. The minimum Gasteiger partial charge on any atom is -0.328 e. The molecule has 1 fully saturated rings. The number of rotatable bonds is 2. The zero-order valence-corrected chi connectivity index (χ0v) is 15.4. The molecule has 3 N–H and O–H groups in total. The monoisotopic (exact) mass is 367 g/mol. The van der Waals surface area contributed by atoms with Crippen LogP contribution in [0.3, 0.4) is 0 Å². The van der Waals surface area contributed by atoms with Gasteiger partial charge in [-0.15, -0.1) is 11.8 Å². The second-order valence-electron chi connectivity index (χ2n) is 6.78. The van der Waals surface area contributed by atoms with E-state index >= 15 is 0 Å². The normalized spacial score (nSPS) is 22.3. The molecule has 0 saturated carbocycles. The Hall–Kier alpha value is -2.31. The molecule has 0 unspecified atom stereocenters. The van der Waals surface area contributed by atoms with Crippen LogP contribution in [0.4, 0.5) is 5.69 Å². The average molecular weight is 367 g/mol. The van der Waals surface area contributed by atoms with Gasteiger partial charge in [0.15, 0.2) is 0 Å². The molecule has 0 spiro atoms. The van der Waals surface area contributed by atoms with E-state index in [0.717, 1.165) is 17.5 Å². The molecule has 0 radical (unpaired) electrons. The number of piperidine rings is 1. The van der Waals surface area contributed by atoms with E-state index in [4.69, 9.17) is 5.73 Å². The highest BCUT2D eigenvalue weighted by Gasteiger charge is 2.38. The summed E-state index contributed by atoms with van der Waals surface area (Å²) in [7, 11) is 0. The number of hydrogen-bond donors (Lipinski definition) is 2. The molecule has 0 aromatic heterocycles. The maximum Gasteiger partial charge on any atom is 0.256 e. The van der Waals surface area contributed by atoms with Crippen LogP contribution in [0.25, 0.3) is 11.1 Å². The molecule has 0 bridgehead atoms. The van der Waals surface area contributed by atoms with Crippen LogP contribution in [-0.4, -0.2) is 41.6 Å². The first-order valence-corrected chi connectivity index (χ1v) is 9.95. The van der Waals surface area contributed by atoms with Crippen LogP contribution < -0.4 is 11.1 Å². The molecule has 134 valence electrons. The number of nitrogens with one attached hydrogen (secondary N) is 1. The van der Waals surface area contributed by atoms with Gasteiger partial charge in [0.05, 0.1) is 11.3 Å². The third kappa shape index (κ3) is 2.99. The van der Waals surface area contributed by atoms with E-state index in [1.807, 2.05) is 24.5 Å². The highest BCUT2D eigenvalue weighted by atomic mass is 32.2. The van der Waals surface area contributed by atoms with Crippen molar-refractivity contribution in [2.75, 3.05) is 18.1 Å². The number of hydrogen-bond acceptors (Lipinski definition) is 4. The van der Waals surface area contributed by atoms with Crippen molar-refractivity contribution >= 4 is 29.3 Å². The van der Waals surface area contributed by atoms with Crippen LogP contribution in [0.1, 0.15) is 23.2 Å². The summed E-state index contributed by atoms with van der Waals surface area (Å²) in [5.41, 5.74) is 9.14. The molecule has 4 rings (SSSR count). The Morgan fingerprint density at radius 1 is 1.12 bits per heavy atom. The molecule has 5 nitrogen and oxygen atoms in total. The quantitative estimate of drug-likeness (QED) is 0.800. The number of anilines is 1. The molecule has 26 heavy (non-hydrogen) atoms. The van der Waals surface area contributed by atoms with Crippen LogP contribution in [0.2, 0.25) is 0 Å². The molecule has 2 atom stereocenters. The molecule has 6 heteroatoms. The summed E-state index contributed by atoms with van der Waals surface area (Å²) >= 11 is 1.69. The van der Waals surface area contributed by atoms with Crippen LogP contribution in [-0.2, 0) is 4.79 Å². The molecule has 2 aromatic carbocycles. The van der Waals surface area contributed by atoms with Gasteiger partial charge < -0.3 is 16.0 Å². The van der Waals surface area contributed by atoms with Gasteiger partial charge in [0.2, 0.25) is 5.91 Å². The summed E-state index contributed by atoms with van der Waals surface area (Å²) in [4.78, 5) is 28.5. The number of nitrogens with zero attached hydrogens (tertiary/aromatic N) is 1. The Balaban J connectivity index is 1.72. The predicted octanol–water partition coefficient (Wildman–Crippen LogP) is 2.96. The van der Waals surface area contributed by atoms with E-state index in [2.05, 4.69) is 29.6 Å². The largest absolute Gasteiger partial charge is 0.328 e. The molecule has 2 aliphatic heterocycles. The minimum atomic E-state index is -0.483. The SMILES string of the molecule is CSc1ccc(-c2ccc3c(c2)C(=O)N2CC[C@H](N)C[C@H]2C(=O)N3)cc1. The molecule has 2 aliphatic rings. The van der Waals surface area contributed by atoms with Gasteiger partial charge in [0.1, 0.15) is 6.04 Å². The van der Waals surface area contributed by atoms with Crippen LogP contribution in [0, 0.1) is 0 Å². The lowest BCUT2D eigenvalue weighted by Gasteiger charge is -2.35. The van der Waals surface area contributed by atoms with E-state index in [0.29, 0.717) is 24.2 Å². The number of carbonyl (C=O) groups excluding carboxylic acids is 2. The van der Waals surface area contributed by atoms with Gasteiger partial charge in [-0.05, 0) is 54.5 Å². The molecule has 2 amide bonds. The zero-order chi connectivity index (χ0) is 18.3. The van der Waals surface area contributed by atoms with Crippen molar-refractivity contribution in [3.8, 4) is 11.1 Å². The number of fused-ring (bicyclic) bond motifs is 2. The predicted molar refractivity (Wildman–Crippen MR) is 104 cm³/mol. The first-order chi connectivity index (χ1) is 12.6. The molecule has 1 saturated heterocycles. The fourth-order valence-electron chi connectivity index (χ4n) is 3.65. The van der Waals surface area contributed by atoms with Gasteiger partial charge in [0, 0.05) is 17.5 Å². The van der Waals surface area contributed by atoms with Gasteiger partial charge in [-0.3, -0.25) is 9.59 Å². The lowest BCUT2D eigenvalue weighted by Crippen LogP contribution is -2.53. The van der Waals surface area contributed by atoms with Crippen LogP contribution >= 0.6 is 11.8 Å². The number of thioether (sulfide) groups is 1. The van der Waals surface area contributed by atoms with Crippen molar-refractivity contribution < 1.29 is 9.59 Å². The Labute approximate surface area is 156 Å². The van der Waals surface area contributed by atoms with Crippen molar-refractivity contribution in [1.82, 2.24) is 4.90 Å². The smallest absolute Gasteiger partial charge is 0.256 e. The Kier molecular flexibility index (Phi) is 4.46. The van der Waals surface area contributed by atoms with Gasteiger partial charge in [-0.2, -0.15) is 0 Å². The van der Waals surface area contributed by atoms with Gasteiger partial charge in [0.25, 0.3) is 5.91 Å². The molecular formula is C20H21N3O2S. The van der Waals surface area contributed by atoms with E-state index in [-0.39, 0.29) is 17.9 Å². The third-order valence-electron chi connectivity index (χ3n) is 5.14. The number of nitrogens with two attached hydrogens (primary N) is 1. The number of benzene rings is 2. The summed E-state index contributed by atoms with van der Waals surface area (Å²) in [5, 5.41) is 2.91. The average Bonchev–Trinajstić information content (AvgIpc) is 2.77. The van der Waals surface area contributed by atoms with E-state index < -0.39 is 6.04 Å². The first-order valence-electron chi connectivity index (χ1n) is 8.72. The summed E-state index contributed by atoms with van der Waals surface area (Å²) in [6.07, 6.45) is 3.27. The summed E-state index contributed by atoms with van der Waals surface area (Å²) in [5.74, 6) is -0.248. The second-order valence-corrected chi connectivity index (χ2v) is 7.66. The topological polar surface area (TPSA) is 75.4 Å². The Bertz CT molecular complexity index is 866. The standard InChI is InChI=1S/C20H21N3O2S/c1-26-15-5-2-12(3-6-15)13-4-7-17-16(10-13)20(25)23-9-8-14(21)11-18(23)19(24)22-17/h2-7,10,14,18H,8-9,11,21H2,1H3,(H,22,24)/t14-,18-/m0/s1. The van der Waals surface area contributed by atoms with Gasteiger partial charge in [-0.1, -0.05) is 18.2 Å². The molecular weight excluding hydrogens is 346 g/mol. The minimum absolute atomic E-state index is 0.0403. The van der Waals surface area contributed by atoms with E-state index in [1.165, 1.54) is 4.90 Å². The highest BCUT2D eigenvalue weighted by Crippen LogP contribution is 2.32. The lowest BCUT2D eigenvalue weighted by atomic mass is 9.96. The van der Waals surface area contributed by atoms with Crippen LogP contribution in [0.5, 0.6) is 0 Å². The van der Waals surface area contributed by atoms with Crippen molar-refractivity contribution in [1.29, 1.82) is 0 Å². The molecule has 2 heterocycles. The van der Waals surface area contributed by atoms with E-state index in [1.54, 1.807) is 16.7 Å². The van der Waals surface area contributed by atoms with E-state index in [9.17, 15) is 9.59 Å². The summed E-state index contributed by atoms with van der Waals surface area (Å²) < 4.78 is 0. The van der Waals surface area contributed by atoms with Gasteiger partial charge >= 0.3 is 0 Å². The fraction of sp³-hybridized carbons (Fsp3) is 0.300. The summed E-state index contributed by atoms with van der Waals surface area (Å²) in [6.45, 7) is 0.518.